The van der Waals surface area contributed by atoms with Gasteiger partial charge in [0.2, 0.25) is 0 Å². The number of hydrogen-bond acceptors (Lipinski definition) is 2. The molecule has 1 aliphatic heterocycles. The predicted octanol–water partition coefficient (Wildman–Crippen LogP) is 4.65. The minimum Gasteiger partial charge on any atom is -0.330 e. The Kier molecular flexibility index (Phi) is 5.26. The second kappa shape index (κ2) is 7.45. The van der Waals surface area contributed by atoms with Crippen LogP contribution in [0.2, 0.25) is 0 Å². The highest BCUT2D eigenvalue weighted by Gasteiger charge is 2.39. The highest BCUT2D eigenvalue weighted by atomic mass is 16.2. The number of rotatable bonds is 6. The van der Waals surface area contributed by atoms with E-state index in [0.29, 0.717) is 19.4 Å². The lowest BCUT2D eigenvalue weighted by Gasteiger charge is -2.37. The lowest BCUT2D eigenvalue weighted by molar-refractivity contribution is -0.121. The summed E-state index contributed by atoms with van der Waals surface area (Å²) in [5.41, 5.74) is 2.86. The van der Waals surface area contributed by atoms with Gasteiger partial charge in [0.05, 0.1) is 0 Å². The standard InChI is InChI=1S/C23H27NO2/c1-23(2,3)21(15-19(25)14-13-17-9-5-4-6-10-17)24-16-18-11-7-8-12-20(18)22(24)26/h4-12,21H,13-16H2,1-3H3. The van der Waals surface area contributed by atoms with E-state index in [1.54, 1.807) is 0 Å². The minimum atomic E-state index is -0.153. The Bertz CT molecular complexity index is 789. The lowest BCUT2D eigenvalue weighted by Crippen LogP contribution is -2.45. The Morgan fingerprint density at radius 3 is 2.35 bits per heavy atom. The molecule has 2 aromatic carbocycles. The molecule has 3 heteroatoms. The number of hydrogen-bond donors (Lipinski definition) is 0. The Morgan fingerprint density at radius 2 is 1.69 bits per heavy atom. The van der Waals surface area contributed by atoms with Crippen molar-refractivity contribution in [3.63, 3.8) is 0 Å². The number of fused-ring (bicyclic) bond motifs is 1. The van der Waals surface area contributed by atoms with Gasteiger partial charge >= 0.3 is 0 Å². The van der Waals surface area contributed by atoms with E-state index in [-0.39, 0.29) is 23.1 Å². The van der Waals surface area contributed by atoms with Crippen molar-refractivity contribution in [3.8, 4) is 0 Å². The van der Waals surface area contributed by atoms with Crippen LogP contribution in [0, 0.1) is 5.41 Å². The topological polar surface area (TPSA) is 37.4 Å². The van der Waals surface area contributed by atoms with Crippen molar-refractivity contribution in [2.75, 3.05) is 0 Å². The van der Waals surface area contributed by atoms with Crippen LogP contribution < -0.4 is 0 Å². The molecule has 2 aromatic rings. The lowest BCUT2D eigenvalue weighted by atomic mass is 9.82. The average Bonchev–Trinajstić information content (AvgIpc) is 2.94. The summed E-state index contributed by atoms with van der Waals surface area (Å²) in [7, 11) is 0. The number of Topliss-reactive ketones (excluding diaryl/α,β-unsaturated/α-hetero) is 1. The van der Waals surface area contributed by atoms with Crippen molar-refractivity contribution in [1.29, 1.82) is 0 Å². The molecular weight excluding hydrogens is 322 g/mol. The Morgan fingerprint density at radius 1 is 1.04 bits per heavy atom. The van der Waals surface area contributed by atoms with Crippen molar-refractivity contribution in [3.05, 3.63) is 71.3 Å². The summed E-state index contributed by atoms with van der Waals surface area (Å²) in [6.07, 6.45) is 1.69. The van der Waals surface area contributed by atoms with Crippen LogP contribution in [-0.4, -0.2) is 22.6 Å². The zero-order valence-corrected chi connectivity index (χ0v) is 15.9. The van der Waals surface area contributed by atoms with Gasteiger partial charge in [-0.05, 0) is 29.0 Å². The summed E-state index contributed by atoms with van der Waals surface area (Å²) in [6.45, 7) is 6.93. The fraction of sp³-hybridized carbons (Fsp3) is 0.391. The van der Waals surface area contributed by atoms with Crippen LogP contribution in [-0.2, 0) is 17.8 Å². The van der Waals surface area contributed by atoms with E-state index in [1.165, 1.54) is 5.56 Å². The van der Waals surface area contributed by atoms with Crippen molar-refractivity contribution < 1.29 is 9.59 Å². The fourth-order valence-electron chi connectivity index (χ4n) is 3.66. The fourth-order valence-corrected chi connectivity index (χ4v) is 3.66. The molecule has 1 unspecified atom stereocenters. The maximum atomic E-state index is 12.9. The molecule has 0 aromatic heterocycles. The van der Waals surface area contributed by atoms with E-state index in [4.69, 9.17) is 0 Å². The number of benzene rings is 2. The SMILES string of the molecule is CC(C)(C)C(CC(=O)CCc1ccccc1)N1Cc2ccccc2C1=O. The van der Waals surface area contributed by atoms with Gasteiger partial charge in [-0.1, -0.05) is 69.3 Å². The van der Waals surface area contributed by atoms with E-state index < -0.39 is 0 Å². The first-order valence-electron chi connectivity index (χ1n) is 9.31. The number of amides is 1. The van der Waals surface area contributed by atoms with Crippen molar-refractivity contribution in [2.24, 2.45) is 5.41 Å². The minimum absolute atomic E-state index is 0.0522. The first-order chi connectivity index (χ1) is 12.4. The molecule has 1 atom stereocenters. The van der Waals surface area contributed by atoms with E-state index in [0.717, 1.165) is 17.5 Å². The molecule has 136 valence electrons. The number of nitrogens with zero attached hydrogens (tertiary/aromatic N) is 1. The Labute approximate surface area is 156 Å². The summed E-state index contributed by atoms with van der Waals surface area (Å²) in [6, 6.07) is 17.7. The van der Waals surface area contributed by atoms with E-state index in [1.807, 2.05) is 47.4 Å². The average molecular weight is 349 g/mol. The number of ketones is 1. The summed E-state index contributed by atoms with van der Waals surface area (Å²) < 4.78 is 0. The van der Waals surface area contributed by atoms with E-state index in [9.17, 15) is 9.59 Å². The quantitative estimate of drug-likeness (QED) is 0.761. The molecule has 0 radical (unpaired) electrons. The molecule has 1 heterocycles. The van der Waals surface area contributed by atoms with Crippen molar-refractivity contribution in [1.82, 2.24) is 4.90 Å². The maximum Gasteiger partial charge on any atom is 0.254 e. The molecule has 0 saturated heterocycles. The van der Waals surface area contributed by atoms with Gasteiger partial charge in [0.1, 0.15) is 5.78 Å². The largest absolute Gasteiger partial charge is 0.330 e. The van der Waals surface area contributed by atoms with E-state index >= 15 is 0 Å². The zero-order chi connectivity index (χ0) is 18.7. The van der Waals surface area contributed by atoms with Crippen LogP contribution in [0.3, 0.4) is 0 Å². The summed E-state index contributed by atoms with van der Waals surface area (Å²) in [5, 5.41) is 0. The Balaban J connectivity index is 1.70. The van der Waals surface area contributed by atoms with Gasteiger partial charge in [-0.3, -0.25) is 9.59 Å². The van der Waals surface area contributed by atoms with Gasteiger partial charge in [0, 0.05) is 31.0 Å². The molecule has 1 aliphatic rings. The molecule has 1 amide bonds. The second-order valence-electron chi connectivity index (χ2n) is 8.20. The summed E-state index contributed by atoms with van der Waals surface area (Å²) in [5.74, 6) is 0.272. The molecule has 26 heavy (non-hydrogen) atoms. The van der Waals surface area contributed by atoms with Gasteiger partial charge in [-0.15, -0.1) is 0 Å². The monoisotopic (exact) mass is 349 g/mol. The van der Waals surface area contributed by atoms with Crippen LogP contribution in [0.1, 0.15) is 55.1 Å². The molecule has 0 spiro atoms. The third kappa shape index (κ3) is 4.04. The van der Waals surface area contributed by atoms with Gasteiger partial charge in [-0.2, -0.15) is 0 Å². The molecule has 0 N–H and O–H groups in total. The van der Waals surface area contributed by atoms with Crippen molar-refractivity contribution in [2.45, 2.75) is 52.6 Å². The molecule has 0 bridgehead atoms. The van der Waals surface area contributed by atoms with Crippen LogP contribution in [0.4, 0.5) is 0 Å². The molecule has 0 saturated carbocycles. The van der Waals surface area contributed by atoms with Gasteiger partial charge in [-0.25, -0.2) is 0 Å². The van der Waals surface area contributed by atoms with Crippen LogP contribution in [0.15, 0.2) is 54.6 Å². The molecule has 3 rings (SSSR count). The molecule has 0 fully saturated rings. The predicted molar refractivity (Wildman–Crippen MR) is 104 cm³/mol. The Hall–Kier alpha value is -2.42. The molecule has 0 aliphatic carbocycles. The highest BCUT2D eigenvalue weighted by molar-refractivity contribution is 5.98. The zero-order valence-electron chi connectivity index (χ0n) is 15.9. The first-order valence-corrected chi connectivity index (χ1v) is 9.31. The highest BCUT2D eigenvalue weighted by Crippen LogP contribution is 2.34. The van der Waals surface area contributed by atoms with Crippen LogP contribution in [0.5, 0.6) is 0 Å². The number of carbonyl (C=O) groups excluding carboxylic acids is 2. The normalized spacial score (nSPS) is 15.0. The molecular formula is C23H27NO2. The smallest absolute Gasteiger partial charge is 0.254 e. The first kappa shape index (κ1) is 18.4. The van der Waals surface area contributed by atoms with Crippen molar-refractivity contribution >= 4 is 11.7 Å². The number of aryl methyl sites for hydroxylation is 1. The summed E-state index contributed by atoms with van der Waals surface area (Å²) >= 11 is 0. The third-order valence-electron chi connectivity index (χ3n) is 5.18. The van der Waals surface area contributed by atoms with Gasteiger partial charge in [0.15, 0.2) is 0 Å². The van der Waals surface area contributed by atoms with Gasteiger partial charge in [0.25, 0.3) is 5.91 Å². The van der Waals surface area contributed by atoms with Crippen LogP contribution >= 0.6 is 0 Å². The molecule has 3 nitrogen and oxygen atoms in total. The third-order valence-corrected chi connectivity index (χ3v) is 5.18. The second-order valence-corrected chi connectivity index (χ2v) is 8.20. The van der Waals surface area contributed by atoms with Crippen LogP contribution in [0.25, 0.3) is 0 Å². The summed E-state index contributed by atoms with van der Waals surface area (Å²) in [4.78, 5) is 27.4. The maximum absolute atomic E-state index is 12.9. The van der Waals surface area contributed by atoms with Gasteiger partial charge < -0.3 is 4.90 Å². The number of carbonyl (C=O) groups is 2. The van der Waals surface area contributed by atoms with E-state index in [2.05, 4.69) is 32.9 Å².